The molecule has 92 valence electrons. The van der Waals surface area contributed by atoms with Gasteiger partial charge in [-0.2, -0.15) is 5.10 Å². The maximum absolute atomic E-state index is 6.13. The highest BCUT2D eigenvalue weighted by molar-refractivity contribution is 5.05. The molecule has 0 aliphatic rings. The van der Waals surface area contributed by atoms with Crippen molar-refractivity contribution in [3.05, 3.63) is 29.9 Å². The van der Waals surface area contributed by atoms with Crippen molar-refractivity contribution in [3.63, 3.8) is 0 Å². The van der Waals surface area contributed by atoms with E-state index in [1.807, 2.05) is 7.05 Å². The topological polar surface area (TPSA) is 85.4 Å². The summed E-state index contributed by atoms with van der Waals surface area (Å²) in [7, 11) is 1.88. The van der Waals surface area contributed by atoms with Crippen LogP contribution in [0, 0.1) is 0 Å². The molecule has 0 fully saturated rings. The van der Waals surface area contributed by atoms with E-state index < -0.39 is 0 Å². The molecular formula is C11H18N6. The second-order valence-corrected chi connectivity index (χ2v) is 4.15. The summed E-state index contributed by atoms with van der Waals surface area (Å²) in [4.78, 5) is 11.5. The smallest absolute Gasteiger partial charge is 0.151 e. The van der Waals surface area contributed by atoms with Crippen LogP contribution in [0.1, 0.15) is 36.7 Å². The molecular weight excluding hydrogens is 216 g/mol. The van der Waals surface area contributed by atoms with E-state index in [9.17, 15) is 0 Å². The molecule has 2 aromatic rings. The van der Waals surface area contributed by atoms with Gasteiger partial charge in [0.05, 0.1) is 12.4 Å². The van der Waals surface area contributed by atoms with Crippen LogP contribution in [-0.2, 0) is 19.9 Å². The van der Waals surface area contributed by atoms with Crippen LogP contribution in [0.25, 0.3) is 0 Å². The minimum Gasteiger partial charge on any atom is -0.348 e. The zero-order valence-corrected chi connectivity index (χ0v) is 10.2. The Bertz CT molecular complexity index is 458. The summed E-state index contributed by atoms with van der Waals surface area (Å²) in [5.74, 6) is 1.69. The molecule has 6 nitrogen and oxygen atoms in total. The predicted octanol–water partition coefficient (Wildman–Crippen LogP) is 0.733. The van der Waals surface area contributed by atoms with Crippen molar-refractivity contribution in [2.24, 2.45) is 12.8 Å². The van der Waals surface area contributed by atoms with Gasteiger partial charge in [-0.05, 0) is 6.42 Å². The maximum Gasteiger partial charge on any atom is 0.151 e. The van der Waals surface area contributed by atoms with E-state index in [0.717, 1.165) is 30.2 Å². The van der Waals surface area contributed by atoms with E-state index in [2.05, 4.69) is 27.0 Å². The first-order valence-corrected chi connectivity index (χ1v) is 5.83. The molecule has 17 heavy (non-hydrogen) atoms. The Kier molecular flexibility index (Phi) is 3.53. The van der Waals surface area contributed by atoms with E-state index in [0.29, 0.717) is 6.42 Å². The molecule has 0 spiro atoms. The first-order chi connectivity index (χ1) is 8.20. The highest BCUT2D eigenvalue weighted by Gasteiger charge is 2.15. The van der Waals surface area contributed by atoms with E-state index >= 15 is 0 Å². The third-order valence-corrected chi connectivity index (χ3v) is 2.64. The number of aromatic amines is 1. The van der Waals surface area contributed by atoms with Gasteiger partial charge in [0.25, 0.3) is 0 Å². The van der Waals surface area contributed by atoms with E-state index in [4.69, 9.17) is 5.73 Å². The fourth-order valence-electron chi connectivity index (χ4n) is 1.83. The fourth-order valence-corrected chi connectivity index (χ4v) is 1.83. The summed E-state index contributed by atoms with van der Waals surface area (Å²) in [5.41, 5.74) is 7.14. The Balaban J connectivity index is 2.10. The molecule has 2 heterocycles. The Morgan fingerprint density at radius 2 is 2.35 bits per heavy atom. The quantitative estimate of drug-likeness (QED) is 0.798. The first kappa shape index (κ1) is 11.8. The fraction of sp³-hybridized carbons (Fsp3) is 0.545. The number of hydrogen-bond donors (Lipinski definition) is 2. The Labute approximate surface area is 100 Å². The summed E-state index contributed by atoms with van der Waals surface area (Å²) in [6, 6.07) is -0.154. The molecule has 1 unspecified atom stereocenters. The van der Waals surface area contributed by atoms with Crippen LogP contribution >= 0.6 is 0 Å². The predicted molar refractivity (Wildman–Crippen MR) is 64.2 cm³/mol. The highest BCUT2D eigenvalue weighted by atomic mass is 15.3. The SMILES string of the molecule is CCCc1nc(C(N)Cc2cnc[nH]2)n(C)n1. The van der Waals surface area contributed by atoms with Crippen molar-refractivity contribution in [2.45, 2.75) is 32.2 Å². The van der Waals surface area contributed by atoms with Gasteiger partial charge < -0.3 is 10.7 Å². The molecule has 1 atom stereocenters. The zero-order chi connectivity index (χ0) is 12.3. The highest BCUT2D eigenvalue weighted by Crippen LogP contribution is 2.12. The van der Waals surface area contributed by atoms with Crippen LogP contribution in [0.4, 0.5) is 0 Å². The van der Waals surface area contributed by atoms with Crippen molar-refractivity contribution >= 4 is 0 Å². The molecule has 2 rings (SSSR count). The van der Waals surface area contributed by atoms with Crippen LogP contribution < -0.4 is 5.73 Å². The lowest BCUT2D eigenvalue weighted by molar-refractivity contribution is 0.596. The monoisotopic (exact) mass is 234 g/mol. The number of nitrogens with zero attached hydrogens (tertiary/aromatic N) is 4. The van der Waals surface area contributed by atoms with Crippen molar-refractivity contribution in [2.75, 3.05) is 0 Å². The summed E-state index contributed by atoms with van der Waals surface area (Å²) in [6.07, 6.45) is 6.06. The van der Waals surface area contributed by atoms with Crippen molar-refractivity contribution in [1.82, 2.24) is 24.7 Å². The Morgan fingerprint density at radius 3 is 3.00 bits per heavy atom. The number of rotatable bonds is 5. The minimum atomic E-state index is -0.154. The molecule has 0 aliphatic carbocycles. The number of aryl methyl sites for hydroxylation is 2. The summed E-state index contributed by atoms with van der Waals surface area (Å²) >= 11 is 0. The van der Waals surface area contributed by atoms with E-state index in [1.165, 1.54) is 0 Å². The van der Waals surface area contributed by atoms with Crippen molar-refractivity contribution in [3.8, 4) is 0 Å². The maximum atomic E-state index is 6.13. The molecule has 0 aromatic carbocycles. The molecule has 0 saturated heterocycles. The van der Waals surface area contributed by atoms with Gasteiger partial charge >= 0.3 is 0 Å². The lowest BCUT2D eigenvalue weighted by atomic mass is 10.1. The Hall–Kier alpha value is -1.69. The Morgan fingerprint density at radius 1 is 1.53 bits per heavy atom. The van der Waals surface area contributed by atoms with Crippen LogP contribution in [-0.4, -0.2) is 24.7 Å². The molecule has 0 aliphatic heterocycles. The second kappa shape index (κ2) is 5.09. The number of aromatic nitrogens is 5. The lowest BCUT2D eigenvalue weighted by Gasteiger charge is -2.08. The molecule has 0 radical (unpaired) electrons. The average Bonchev–Trinajstić information content (AvgIpc) is 2.88. The lowest BCUT2D eigenvalue weighted by Crippen LogP contribution is -2.18. The molecule has 3 N–H and O–H groups in total. The van der Waals surface area contributed by atoms with Gasteiger partial charge in [-0.1, -0.05) is 6.92 Å². The van der Waals surface area contributed by atoms with Crippen LogP contribution in [0.15, 0.2) is 12.5 Å². The van der Waals surface area contributed by atoms with Gasteiger partial charge in [0.2, 0.25) is 0 Å². The summed E-state index contributed by atoms with van der Waals surface area (Å²) in [5, 5.41) is 4.35. The summed E-state index contributed by atoms with van der Waals surface area (Å²) in [6.45, 7) is 2.11. The van der Waals surface area contributed by atoms with Gasteiger partial charge in [-0.25, -0.2) is 9.97 Å². The second-order valence-electron chi connectivity index (χ2n) is 4.15. The van der Waals surface area contributed by atoms with E-state index in [1.54, 1.807) is 17.2 Å². The normalized spacial score (nSPS) is 12.9. The van der Waals surface area contributed by atoms with E-state index in [-0.39, 0.29) is 6.04 Å². The summed E-state index contributed by atoms with van der Waals surface area (Å²) < 4.78 is 1.77. The third-order valence-electron chi connectivity index (χ3n) is 2.64. The largest absolute Gasteiger partial charge is 0.348 e. The van der Waals surface area contributed by atoms with Gasteiger partial charge in [0, 0.05) is 31.8 Å². The molecule has 2 aromatic heterocycles. The molecule has 0 bridgehead atoms. The van der Waals surface area contributed by atoms with Gasteiger partial charge in [0.15, 0.2) is 5.82 Å². The average molecular weight is 234 g/mol. The van der Waals surface area contributed by atoms with Crippen molar-refractivity contribution < 1.29 is 0 Å². The molecule has 0 saturated carbocycles. The zero-order valence-electron chi connectivity index (χ0n) is 10.2. The van der Waals surface area contributed by atoms with Crippen LogP contribution in [0.2, 0.25) is 0 Å². The molecule has 0 amide bonds. The number of hydrogen-bond acceptors (Lipinski definition) is 4. The number of imidazole rings is 1. The van der Waals surface area contributed by atoms with Gasteiger partial charge in [-0.15, -0.1) is 0 Å². The minimum absolute atomic E-state index is 0.154. The first-order valence-electron chi connectivity index (χ1n) is 5.83. The van der Waals surface area contributed by atoms with Gasteiger partial charge in [0.1, 0.15) is 5.82 Å². The standard InChI is InChI=1S/C11H18N6/c1-3-4-10-15-11(17(2)16-10)9(12)5-8-6-13-7-14-8/h6-7,9H,3-5,12H2,1-2H3,(H,13,14). The number of nitrogens with one attached hydrogen (secondary N) is 1. The van der Waals surface area contributed by atoms with Gasteiger partial charge in [-0.3, -0.25) is 4.68 Å². The number of nitrogens with two attached hydrogens (primary N) is 1. The molecule has 6 heteroatoms. The number of H-pyrrole nitrogens is 1. The van der Waals surface area contributed by atoms with Crippen molar-refractivity contribution in [1.29, 1.82) is 0 Å². The van der Waals surface area contributed by atoms with Crippen LogP contribution in [0.5, 0.6) is 0 Å². The van der Waals surface area contributed by atoms with Crippen LogP contribution in [0.3, 0.4) is 0 Å². The third kappa shape index (κ3) is 2.71.